The lowest BCUT2D eigenvalue weighted by Crippen LogP contribution is -2.58. The normalized spacial score (nSPS) is 18.3. The van der Waals surface area contributed by atoms with Crippen LogP contribution in [-0.4, -0.2) is 117 Å². The number of fused-ring (bicyclic) bond motifs is 2. The summed E-state index contributed by atoms with van der Waals surface area (Å²) in [7, 11) is -4.49. The zero-order chi connectivity index (χ0) is 63.0. The van der Waals surface area contributed by atoms with Crippen LogP contribution in [-0.2, 0) is 50.5 Å². The Bertz CT molecular complexity index is 4100. The number of thiazole rings is 2. The van der Waals surface area contributed by atoms with Gasteiger partial charge in [0.2, 0.25) is 17.7 Å². The van der Waals surface area contributed by atoms with Gasteiger partial charge >= 0.3 is 0 Å². The highest BCUT2D eigenvalue weighted by Crippen LogP contribution is 2.36. The number of likely N-dealkylation sites (tertiary alicyclic amines) is 1. The zero-order valence-corrected chi connectivity index (χ0v) is 53.5. The topological polar surface area (TPSA) is 254 Å². The molecule has 7 heterocycles. The molecule has 12 rings (SSSR count). The first-order valence-corrected chi connectivity index (χ1v) is 34.0. The van der Waals surface area contributed by atoms with Gasteiger partial charge in [0, 0.05) is 80.3 Å². The first-order valence-electron chi connectivity index (χ1n) is 30.8. The Balaban J connectivity index is 0.716. The fraction of sp³-hybridized carbons (Fsp3) is 0.388. The number of pyridine rings is 1. The highest BCUT2D eigenvalue weighted by molar-refractivity contribution is 7.90. The number of benzene rings is 4. The van der Waals surface area contributed by atoms with Crippen LogP contribution < -0.4 is 30.5 Å². The molecule has 0 spiro atoms. The molecule has 4 aliphatic rings. The van der Waals surface area contributed by atoms with Crippen LogP contribution in [0.3, 0.4) is 0 Å². The zero-order valence-electron chi connectivity index (χ0n) is 51.1. The summed E-state index contributed by atoms with van der Waals surface area (Å²) < 4.78 is 33.9. The summed E-state index contributed by atoms with van der Waals surface area (Å²) in [5.41, 5.74) is 9.47. The second-order valence-electron chi connectivity index (χ2n) is 25.2. The molecule has 0 radical (unpaired) electrons. The number of aliphatic hydroxyl groups is 1. The number of para-hydroxylation sites is 1. The fourth-order valence-electron chi connectivity index (χ4n) is 12.9. The molecule has 20 nitrogen and oxygen atoms in total. The van der Waals surface area contributed by atoms with Crippen molar-refractivity contribution in [2.75, 3.05) is 41.3 Å². The van der Waals surface area contributed by atoms with E-state index in [1.165, 1.54) is 47.6 Å². The molecule has 3 aliphatic heterocycles. The van der Waals surface area contributed by atoms with Crippen LogP contribution in [0.1, 0.15) is 115 Å². The maximum absolute atomic E-state index is 14.7. The third kappa shape index (κ3) is 13.3. The SMILES string of the molecule is Cc1ncsc1-c1ccc(CNC(=O)[C@@H]2C[C@@H](O)CN2C(=O)[C@@H](NC(=O)[C@H]2CCN(c3ccc(S(=O)(=O)NC(=O)c4nc(N5CCc6cccc(C(=O)Nc7nc8ccccc8s7)c6C5)ccc4-c4cnn(CC5CCCCC5)c4C)cc3)C2)C(C)(C)C)cc1. The van der Waals surface area contributed by atoms with Crippen molar-refractivity contribution in [3.05, 3.63) is 154 Å². The van der Waals surface area contributed by atoms with Crippen molar-refractivity contribution in [3.8, 4) is 21.6 Å². The maximum atomic E-state index is 14.7. The van der Waals surface area contributed by atoms with Crippen molar-refractivity contribution in [3.63, 3.8) is 0 Å². The average molecular weight is 1270 g/mol. The van der Waals surface area contributed by atoms with Crippen LogP contribution >= 0.6 is 22.7 Å². The summed E-state index contributed by atoms with van der Waals surface area (Å²) in [5, 5.41) is 25.0. The lowest BCUT2D eigenvalue weighted by molar-refractivity contribution is -0.144. The van der Waals surface area contributed by atoms with Crippen LogP contribution in [0.15, 0.2) is 120 Å². The second kappa shape index (κ2) is 25.8. The summed E-state index contributed by atoms with van der Waals surface area (Å²) >= 11 is 2.96. The highest BCUT2D eigenvalue weighted by Gasteiger charge is 2.45. The Morgan fingerprint density at radius 2 is 1.58 bits per heavy atom. The molecule has 23 heteroatoms. The minimum Gasteiger partial charge on any atom is -0.391 e. The van der Waals surface area contributed by atoms with Crippen LogP contribution in [0.4, 0.5) is 16.6 Å². The number of anilines is 3. The van der Waals surface area contributed by atoms with E-state index < -0.39 is 57.3 Å². The quantitative estimate of drug-likeness (QED) is 0.0569. The fourth-order valence-corrected chi connectivity index (χ4v) is 15.5. The number of aryl methyl sites for hydroxylation is 1. The average Bonchev–Trinajstić information content (AvgIpc) is 1.22. The van der Waals surface area contributed by atoms with Gasteiger partial charge in [-0.15, -0.1) is 11.3 Å². The molecule has 3 fully saturated rings. The number of sulfonamides is 1. The van der Waals surface area contributed by atoms with Gasteiger partial charge < -0.3 is 30.4 Å². The molecule has 0 bridgehead atoms. The van der Waals surface area contributed by atoms with E-state index in [0.29, 0.717) is 71.7 Å². The molecule has 5 amide bonds. The number of hydrogen-bond donors (Lipinski definition) is 5. The van der Waals surface area contributed by atoms with E-state index in [0.717, 1.165) is 68.1 Å². The van der Waals surface area contributed by atoms with Gasteiger partial charge in [0.15, 0.2) is 5.13 Å². The van der Waals surface area contributed by atoms with Crippen molar-refractivity contribution in [2.24, 2.45) is 17.3 Å². The summed E-state index contributed by atoms with van der Waals surface area (Å²) in [5.74, 6) is -2.04. The van der Waals surface area contributed by atoms with Gasteiger partial charge in [-0.25, -0.2) is 28.1 Å². The first-order chi connectivity index (χ1) is 43.2. The number of β-amino-alcohol motifs (C(OH)–C–C–N with tert-alkyl or cyclic N) is 1. The Labute approximate surface area is 531 Å². The Morgan fingerprint density at radius 3 is 2.32 bits per heavy atom. The van der Waals surface area contributed by atoms with Gasteiger partial charge in [-0.1, -0.05) is 99.9 Å². The molecule has 4 aromatic carbocycles. The molecule has 468 valence electrons. The molecule has 1 aliphatic carbocycles. The van der Waals surface area contributed by atoms with Crippen LogP contribution in [0.5, 0.6) is 0 Å². The number of nitrogens with zero attached hydrogens (tertiary/aromatic N) is 8. The molecule has 5 N–H and O–H groups in total. The predicted octanol–water partition coefficient (Wildman–Crippen LogP) is 9.44. The summed E-state index contributed by atoms with van der Waals surface area (Å²) in [6.07, 6.45) is 7.69. The van der Waals surface area contributed by atoms with Crippen LogP contribution in [0, 0.1) is 31.1 Å². The van der Waals surface area contributed by atoms with Crippen LogP contribution in [0.25, 0.3) is 31.8 Å². The molecule has 2 saturated heterocycles. The summed E-state index contributed by atoms with van der Waals surface area (Å²) in [4.78, 5) is 91.2. The lowest BCUT2D eigenvalue weighted by atomic mass is 9.85. The number of aliphatic hydroxyl groups excluding tert-OH is 1. The number of hydrogen-bond acceptors (Lipinski definition) is 16. The van der Waals surface area contributed by atoms with Gasteiger partial charge in [-0.2, -0.15) is 5.10 Å². The van der Waals surface area contributed by atoms with E-state index in [4.69, 9.17) is 10.1 Å². The third-order valence-electron chi connectivity index (χ3n) is 18.0. The van der Waals surface area contributed by atoms with Gasteiger partial charge in [-0.3, -0.25) is 34.0 Å². The summed E-state index contributed by atoms with van der Waals surface area (Å²) in [6, 6.07) is 29.0. The molecule has 1 saturated carbocycles. The highest BCUT2D eigenvalue weighted by atomic mass is 32.2. The molecular weight excluding hydrogens is 1200 g/mol. The van der Waals surface area contributed by atoms with Crippen molar-refractivity contribution < 1.29 is 37.5 Å². The van der Waals surface area contributed by atoms with Crippen molar-refractivity contribution in [2.45, 2.75) is 129 Å². The van der Waals surface area contributed by atoms with Crippen molar-refractivity contribution in [1.29, 1.82) is 0 Å². The number of nitrogens with one attached hydrogen (secondary N) is 4. The van der Waals surface area contributed by atoms with Gasteiger partial charge in [0.25, 0.3) is 21.8 Å². The van der Waals surface area contributed by atoms with E-state index in [2.05, 4.69) is 30.6 Å². The smallest absolute Gasteiger partial charge is 0.284 e. The first kappa shape index (κ1) is 61.8. The molecule has 4 aromatic heterocycles. The summed E-state index contributed by atoms with van der Waals surface area (Å²) in [6.45, 7) is 11.9. The Hall–Kier alpha value is -8.38. The van der Waals surface area contributed by atoms with E-state index in [1.807, 2.05) is 116 Å². The van der Waals surface area contributed by atoms with E-state index in [-0.39, 0.29) is 48.5 Å². The molecular formula is C67H74N12O8S3. The van der Waals surface area contributed by atoms with E-state index in [1.54, 1.807) is 47.3 Å². The Kier molecular flexibility index (Phi) is 17.8. The second-order valence-corrected chi connectivity index (χ2v) is 28.8. The molecule has 90 heavy (non-hydrogen) atoms. The van der Waals surface area contributed by atoms with Crippen molar-refractivity contribution in [1.82, 2.24) is 45.0 Å². The number of aromatic nitrogens is 5. The number of carbonyl (C=O) groups excluding carboxylic acids is 5. The minimum atomic E-state index is -4.49. The Morgan fingerprint density at radius 1 is 0.800 bits per heavy atom. The maximum Gasteiger partial charge on any atom is 0.284 e. The van der Waals surface area contributed by atoms with E-state index in [9.17, 15) is 37.5 Å². The lowest BCUT2D eigenvalue weighted by Gasteiger charge is -2.36. The number of rotatable bonds is 17. The third-order valence-corrected chi connectivity index (χ3v) is 21.3. The van der Waals surface area contributed by atoms with E-state index >= 15 is 0 Å². The minimum absolute atomic E-state index is 0.0562. The van der Waals surface area contributed by atoms with Gasteiger partial charge in [0.1, 0.15) is 23.6 Å². The molecule has 8 aromatic rings. The van der Waals surface area contributed by atoms with Crippen molar-refractivity contribution >= 4 is 89.1 Å². The molecule has 0 unspecified atom stereocenters. The largest absolute Gasteiger partial charge is 0.391 e. The predicted molar refractivity (Wildman–Crippen MR) is 349 cm³/mol. The number of amides is 5. The van der Waals surface area contributed by atoms with Gasteiger partial charge in [0.05, 0.1) is 49.4 Å². The molecule has 4 atom stereocenters. The standard InChI is InChI=1S/C67H74N12O8S3/c1-40-59(88-39-69-40)45-20-18-42(19-21-45)33-68-63(83)55-32-48(80)37-78(55)65(85)60(67(3,4)5)73-61(81)46-29-30-76(36-46)47-22-24-49(25-23-47)90(86,87)75-64(84)58-50(52-34-70-79(41(52)2)35-43-12-7-6-8-13-43)26-27-57(72-58)77-31-28-44-14-11-15-51(53(44)38-77)62(82)74-66-71-54-16-9-10-17-56(54)89-66/h9-11,14-27,34,39,43,46,48,55,60,80H,6-8,12-13,28-33,35-38H2,1-5H3,(H,68,83)(H,73,81)(H,75,84)(H,71,74,82)/t46-,48+,55-,60+/m0/s1. The monoisotopic (exact) mass is 1270 g/mol. The van der Waals surface area contributed by atoms with Gasteiger partial charge in [-0.05, 0) is 128 Å². The number of carbonyl (C=O) groups is 5. The van der Waals surface area contributed by atoms with Crippen LogP contribution in [0.2, 0.25) is 0 Å².